The van der Waals surface area contributed by atoms with Gasteiger partial charge in [0.25, 0.3) is 5.69 Å². The molecule has 0 aliphatic heterocycles. The molecule has 0 saturated heterocycles. The highest BCUT2D eigenvalue weighted by molar-refractivity contribution is 6.42. The van der Waals surface area contributed by atoms with Crippen molar-refractivity contribution in [2.75, 3.05) is 5.32 Å². The predicted molar refractivity (Wildman–Crippen MR) is 134 cm³/mol. The molecular weight excluding hydrogens is 495 g/mol. The Kier molecular flexibility index (Phi) is 6.81. The summed E-state index contributed by atoms with van der Waals surface area (Å²) in [6.45, 7) is 1.31. The second-order valence-corrected chi connectivity index (χ2v) is 8.12. The van der Waals surface area contributed by atoms with Gasteiger partial charge in [-0.05, 0) is 35.9 Å². The first-order chi connectivity index (χ1) is 16.7. The SMILES string of the molecule is CC(=O)Oc1ccc(C=Cc2cc([N+](=O)[O-])cc3c(O)nc(Nc4ccc(Cl)c(Cl)c4)nc23)cc1. The highest BCUT2D eigenvalue weighted by Gasteiger charge is 2.17. The summed E-state index contributed by atoms with van der Waals surface area (Å²) in [4.78, 5) is 30.4. The Morgan fingerprint density at radius 1 is 1.06 bits per heavy atom. The molecule has 0 amide bonds. The molecule has 0 atom stereocenters. The molecule has 0 aliphatic carbocycles. The van der Waals surface area contributed by atoms with Gasteiger partial charge in [0.2, 0.25) is 11.8 Å². The van der Waals surface area contributed by atoms with Crippen molar-refractivity contribution in [2.45, 2.75) is 6.92 Å². The number of benzene rings is 3. The standard InChI is InChI=1S/C24H16Cl2N4O5/c1-13(31)35-18-7-3-14(4-8-18)2-5-15-10-17(30(33)34)12-19-22(15)28-24(29-23(19)32)27-16-6-9-20(25)21(26)11-16/h2-12H,1H3,(H2,27,28,29,32). The van der Waals surface area contributed by atoms with Crippen LogP contribution in [0.4, 0.5) is 17.3 Å². The fourth-order valence-corrected chi connectivity index (χ4v) is 3.52. The smallest absolute Gasteiger partial charge is 0.308 e. The van der Waals surface area contributed by atoms with Crippen molar-refractivity contribution in [1.29, 1.82) is 0 Å². The number of carbonyl (C=O) groups excluding carboxylic acids is 1. The van der Waals surface area contributed by atoms with E-state index in [0.29, 0.717) is 32.6 Å². The second-order valence-electron chi connectivity index (χ2n) is 7.31. The normalized spacial score (nSPS) is 11.1. The Hall–Kier alpha value is -4.21. The average Bonchev–Trinajstić information content (AvgIpc) is 2.80. The molecule has 11 heteroatoms. The fourth-order valence-electron chi connectivity index (χ4n) is 3.22. The molecule has 4 aromatic rings. The second kappa shape index (κ2) is 9.96. The molecule has 0 unspecified atom stereocenters. The Morgan fingerprint density at radius 3 is 2.46 bits per heavy atom. The van der Waals surface area contributed by atoms with Crippen LogP contribution in [0.3, 0.4) is 0 Å². The molecule has 0 radical (unpaired) electrons. The van der Waals surface area contributed by atoms with Crippen LogP contribution in [0.1, 0.15) is 18.1 Å². The fraction of sp³-hybridized carbons (Fsp3) is 0.0417. The third-order valence-electron chi connectivity index (χ3n) is 4.78. The van der Waals surface area contributed by atoms with E-state index in [0.717, 1.165) is 5.56 Å². The third kappa shape index (κ3) is 5.65. The summed E-state index contributed by atoms with van der Waals surface area (Å²) in [7, 11) is 0. The summed E-state index contributed by atoms with van der Waals surface area (Å²) in [5.41, 5.74) is 1.72. The topological polar surface area (TPSA) is 127 Å². The number of nitro benzene ring substituents is 1. The predicted octanol–water partition coefficient (Wildman–Crippen LogP) is 6.39. The molecule has 0 bridgehead atoms. The van der Waals surface area contributed by atoms with E-state index in [1.807, 2.05) is 0 Å². The van der Waals surface area contributed by atoms with E-state index >= 15 is 0 Å². The van der Waals surface area contributed by atoms with Gasteiger partial charge in [-0.15, -0.1) is 0 Å². The van der Waals surface area contributed by atoms with E-state index in [1.54, 1.807) is 54.6 Å². The van der Waals surface area contributed by atoms with Gasteiger partial charge in [-0.3, -0.25) is 14.9 Å². The number of carbonyl (C=O) groups is 1. The molecule has 1 aromatic heterocycles. The van der Waals surface area contributed by atoms with Crippen molar-refractivity contribution < 1.29 is 19.6 Å². The highest BCUT2D eigenvalue weighted by atomic mass is 35.5. The molecule has 1 heterocycles. The minimum Gasteiger partial charge on any atom is -0.493 e. The number of halogens is 2. The lowest BCUT2D eigenvalue weighted by Crippen LogP contribution is -2.00. The Labute approximate surface area is 208 Å². The van der Waals surface area contributed by atoms with Crippen molar-refractivity contribution in [1.82, 2.24) is 9.97 Å². The zero-order chi connectivity index (χ0) is 25.1. The van der Waals surface area contributed by atoms with Crippen molar-refractivity contribution in [3.8, 4) is 11.6 Å². The summed E-state index contributed by atoms with van der Waals surface area (Å²) in [6, 6.07) is 14.1. The van der Waals surface area contributed by atoms with Gasteiger partial charge in [0.1, 0.15) is 5.75 Å². The summed E-state index contributed by atoms with van der Waals surface area (Å²) >= 11 is 12.0. The minimum atomic E-state index is -0.564. The van der Waals surface area contributed by atoms with E-state index in [1.165, 1.54) is 19.1 Å². The molecule has 35 heavy (non-hydrogen) atoms. The maximum atomic E-state index is 11.5. The lowest BCUT2D eigenvalue weighted by molar-refractivity contribution is -0.384. The van der Waals surface area contributed by atoms with E-state index < -0.39 is 16.8 Å². The number of aromatic hydroxyl groups is 1. The lowest BCUT2D eigenvalue weighted by atomic mass is 10.1. The zero-order valence-electron chi connectivity index (χ0n) is 18.0. The molecular formula is C24H16Cl2N4O5. The minimum absolute atomic E-state index is 0.0580. The number of esters is 1. The number of non-ortho nitro benzene ring substituents is 1. The number of anilines is 2. The molecule has 0 saturated carbocycles. The van der Waals surface area contributed by atoms with E-state index in [9.17, 15) is 20.0 Å². The van der Waals surface area contributed by atoms with Gasteiger partial charge in [-0.2, -0.15) is 4.98 Å². The first-order valence-electron chi connectivity index (χ1n) is 10.1. The maximum absolute atomic E-state index is 11.5. The third-order valence-corrected chi connectivity index (χ3v) is 5.52. The van der Waals surface area contributed by atoms with Gasteiger partial charge < -0.3 is 15.2 Å². The van der Waals surface area contributed by atoms with E-state index in [-0.39, 0.29) is 17.0 Å². The number of aromatic nitrogens is 2. The highest BCUT2D eigenvalue weighted by Crippen LogP contribution is 2.33. The van der Waals surface area contributed by atoms with Crippen LogP contribution >= 0.6 is 23.2 Å². The Bertz CT molecular complexity index is 1490. The van der Waals surface area contributed by atoms with Crippen LogP contribution in [0, 0.1) is 10.1 Å². The summed E-state index contributed by atoms with van der Waals surface area (Å²) in [5.74, 6) is -0.406. The molecule has 0 fully saturated rings. The molecule has 9 nitrogen and oxygen atoms in total. The van der Waals surface area contributed by atoms with Crippen LogP contribution in [0.5, 0.6) is 11.6 Å². The van der Waals surface area contributed by atoms with Crippen molar-refractivity contribution in [2.24, 2.45) is 0 Å². The van der Waals surface area contributed by atoms with Crippen LogP contribution in [0.15, 0.2) is 54.6 Å². The first kappa shape index (κ1) is 23.9. The monoisotopic (exact) mass is 510 g/mol. The van der Waals surface area contributed by atoms with E-state index in [4.69, 9.17) is 27.9 Å². The number of ether oxygens (including phenoxy) is 1. The zero-order valence-corrected chi connectivity index (χ0v) is 19.5. The summed E-state index contributed by atoms with van der Waals surface area (Å²) in [6.07, 6.45) is 3.34. The quantitative estimate of drug-likeness (QED) is 0.100. The van der Waals surface area contributed by atoms with Crippen LogP contribution in [-0.4, -0.2) is 26.0 Å². The molecule has 176 valence electrons. The largest absolute Gasteiger partial charge is 0.493 e. The van der Waals surface area contributed by atoms with Crippen molar-refractivity contribution in [3.05, 3.63) is 85.9 Å². The number of nitro groups is 1. The molecule has 3 aromatic carbocycles. The van der Waals surface area contributed by atoms with E-state index in [2.05, 4.69) is 15.3 Å². The van der Waals surface area contributed by atoms with Crippen LogP contribution < -0.4 is 10.1 Å². The average molecular weight is 511 g/mol. The van der Waals surface area contributed by atoms with Gasteiger partial charge in [0.05, 0.1) is 25.9 Å². The van der Waals surface area contributed by atoms with Crippen molar-refractivity contribution in [3.63, 3.8) is 0 Å². The number of nitrogens with zero attached hydrogens (tertiary/aromatic N) is 3. The van der Waals surface area contributed by atoms with Crippen molar-refractivity contribution >= 4 is 69.5 Å². The molecule has 2 N–H and O–H groups in total. The molecule has 0 spiro atoms. The van der Waals surface area contributed by atoms with Gasteiger partial charge >= 0.3 is 5.97 Å². The summed E-state index contributed by atoms with van der Waals surface area (Å²) in [5, 5.41) is 25.7. The van der Waals surface area contributed by atoms with Gasteiger partial charge in [-0.1, -0.05) is 47.5 Å². The summed E-state index contributed by atoms with van der Waals surface area (Å²) < 4.78 is 5.02. The van der Waals surface area contributed by atoms with Crippen LogP contribution in [0.2, 0.25) is 10.0 Å². The number of hydrogen-bond donors (Lipinski definition) is 2. The first-order valence-corrected chi connectivity index (χ1v) is 10.8. The Balaban J connectivity index is 1.75. The number of rotatable bonds is 6. The van der Waals surface area contributed by atoms with Gasteiger partial charge in [-0.25, -0.2) is 4.98 Å². The lowest BCUT2D eigenvalue weighted by Gasteiger charge is -2.10. The maximum Gasteiger partial charge on any atom is 0.308 e. The number of nitrogens with one attached hydrogen (secondary N) is 1. The van der Waals surface area contributed by atoms with Crippen LogP contribution in [-0.2, 0) is 4.79 Å². The Morgan fingerprint density at radius 2 is 1.80 bits per heavy atom. The number of hydrogen-bond acceptors (Lipinski definition) is 8. The number of fused-ring (bicyclic) bond motifs is 1. The molecule has 0 aliphatic rings. The van der Waals surface area contributed by atoms with Gasteiger partial charge in [0, 0.05) is 30.3 Å². The van der Waals surface area contributed by atoms with Crippen LogP contribution in [0.25, 0.3) is 23.1 Å². The molecule has 4 rings (SSSR count). The van der Waals surface area contributed by atoms with Gasteiger partial charge in [0.15, 0.2) is 0 Å².